The van der Waals surface area contributed by atoms with Crippen molar-refractivity contribution in [1.82, 2.24) is 4.90 Å². The number of amides is 1. The minimum Gasteiger partial charge on any atom is -0.490 e. The van der Waals surface area contributed by atoms with Crippen LogP contribution in [-0.2, 0) is 11.0 Å². The van der Waals surface area contributed by atoms with Crippen molar-refractivity contribution in [3.8, 4) is 5.75 Å². The zero-order chi connectivity index (χ0) is 16.0. The van der Waals surface area contributed by atoms with Gasteiger partial charge < -0.3 is 9.64 Å². The van der Waals surface area contributed by atoms with Crippen LogP contribution in [0.2, 0.25) is 0 Å². The van der Waals surface area contributed by atoms with Crippen molar-refractivity contribution in [2.45, 2.75) is 38.5 Å². The third-order valence-corrected chi connectivity index (χ3v) is 4.68. The zero-order valence-electron chi connectivity index (χ0n) is 12.3. The Kier molecular flexibility index (Phi) is 3.57. The van der Waals surface area contributed by atoms with E-state index >= 15 is 0 Å². The van der Waals surface area contributed by atoms with E-state index in [9.17, 15) is 18.0 Å². The van der Waals surface area contributed by atoms with Crippen LogP contribution in [0.25, 0.3) is 0 Å². The van der Waals surface area contributed by atoms with Gasteiger partial charge in [-0.1, -0.05) is 0 Å². The summed E-state index contributed by atoms with van der Waals surface area (Å²) >= 11 is 0. The van der Waals surface area contributed by atoms with E-state index in [0.29, 0.717) is 11.3 Å². The molecule has 3 nitrogen and oxygen atoms in total. The summed E-state index contributed by atoms with van der Waals surface area (Å²) in [6.45, 7) is 3.16. The van der Waals surface area contributed by atoms with E-state index in [0.717, 1.165) is 50.9 Å². The molecule has 120 valence electrons. The van der Waals surface area contributed by atoms with Gasteiger partial charge >= 0.3 is 6.18 Å². The summed E-state index contributed by atoms with van der Waals surface area (Å²) in [6, 6.07) is 3.59. The molecule has 0 aromatic heterocycles. The summed E-state index contributed by atoms with van der Waals surface area (Å²) in [7, 11) is 0. The first kappa shape index (κ1) is 15.2. The number of carbonyl (C=O) groups excluding carboxylic acids is 1. The summed E-state index contributed by atoms with van der Waals surface area (Å²) in [5, 5.41) is 0. The second kappa shape index (κ2) is 5.18. The van der Waals surface area contributed by atoms with E-state index in [2.05, 4.69) is 0 Å². The fourth-order valence-electron chi connectivity index (χ4n) is 3.57. The number of hydrogen-bond donors (Lipinski definition) is 0. The summed E-state index contributed by atoms with van der Waals surface area (Å²) in [4.78, 5) is 12.4. The lowest BCUT2D eigenvalue weighted by molar-refractivity contribution is -0.137. The van der Waals surface area contributed by atoms with Crippen LogP contribution in [0.5, 0.6) is 5.75 Å². The first-order chi connectivity index (χ1) is 10.3. The van der Waals surface area contributed by atoms with Gasteiger partial charge in [0.1, 0.15) is 5.75 Å². The molecule has 1 unspecified atom stereocenters. The number of ether oxygens (including phenoxy) is 1. The maximum absolute atomic E-state index is 12.7. The lowest BCUT2D eigenvalue weighted by Gasteiger charge is -2.46. The van der Waals surface area contributed by atoms with Crippen molar-refractivity contribution in [2.24, 2.45) is 5.41 Å². The quantitative estimate of drug-likeness (QED) is 0.801. The van der Waals surface area contributed by atoms with Crippen LogP contribution in [0, 0.1) is 12.3 Å². The van der Waals surface area contributed by atoms with E-state index in [4.69, 9.17) is 4.74 Å². The fourth-order valence-corrected chi connectivity index (χ4v) is 3.57. The van der Waals surface area contributed by atoms with Crippen molar-refractivity contribution in [3.63, 3.8) is 0 Å². The third-order valence-electron chi connectivity index (χ3n) is 4.68. The number of alkyl halides is 3. The number of carbonyl (C=O) groups is 1. The van der Waals surface area contributed by atoms with Gasteiger partial charge in [0, 0.05) is 18.5 Å². The Morgan fingerprint density at radius 2 is 2.09 bits per heavy atom. The molecule has 0 bridgehead atoms. The molecule has 1 aromatic rings. The number of halogens is 3. The second-order valence-corrected chi connectivity index (χ2v) is 6.47. The van der Waals surface area contributed by atoms with Gasteiger partial charge in [-0.25, -0.2) is 0 Å². The highest BCUT2D eigenvalue weighted by atomic mass is 19.4. The molecule has 1 heterocycles. The van der Waals surface area contributed by atoms with Crippen molar-refractivity contribution in [3.05, 3.63) is 29.3 Å². The Hall–Kier alpha value is -1.72. The molecule has 1 atom stereocenters. The van der Waals surface area contributed by atoms with Crippen LogP contribution in [0.4, 0.5) is 13.2 Å². The molecule has 0 radical (unpaired) electrons. The predicted octanol–water partition coefficient (Wildman–Crippen LogP) is 3.40. The number of rotatable bonds is 3. The Bertz CT molecular complexity index is 579. The minimum absolute atomic E-state index is 0.0178. The van der Waals surface area contributed by atoms with Gasteiger partial charge in [0.05, 0.1) is 11.7 Å². The maximum Gasteiger partial charge on any atom is 0.416 e. The molecule has 22 heavy (non-hydrogen) atoms. The van der Waals surface area contributed by atoms with Gasteiger partial charge in [0.25, 0.3) is 0 Å². The smallest absolute Gasteiger partial charge is 0.416 e. The van der Waals surface area contributed by atoms with Crippen molar-refractivity contribution < 1.29 is 22.7 Å². The van der Waals surface area contributed by atoms with Gasteiger partial charge in [-0.15, -0.1) is 0 Å². The molecule has 1 saturated heterocycles. The Balaban J connectivity index is 1.64. The highest BCUT2D eigenvalue weighted by Gasteiger charge is 2.48. The van der Waals surface area contributed by atoms with Crippen molar-refractivity contribution in [2.75, 3.05) is 13.1 Å². The Morgan fingerprint density at radius 3 is 2.68 bits per heavy atom. The van der Waals surface area contributed by atoms with Crippen LogP contribution >= 0.6 is 0 Å². The lowest BCUT2D eigenvalue weighted by atomic mass is 9.78. The molecular formula is C16H18F3NO2. The standard InChI is InChI=1S/C16H18F3NO2/c1-11-6-12(16(17,18)19)2-3-14(11)22-13-4-5-15(7-13)8-20(9-15)10-21/h2-3,6,10,13H,4-5,7-9H2,1H3. The van der Waals surface area contributed by atoms with E-state index in [1.165, 1.54) is 6.07 Å². The molecule has 1 aromatic carbocycles. The first-order valence-electron chi connectivity index (χ1n) is 7.35. The molecule has 1 aliphatic carbocycles. The predicted molar refractivity (Wildman–Crippen MR) is 74.5 cm³/mol. The normalized spacial score (nSPS) is 23.5. The average molecular weight is 313 g/mol. The fraction of sp³-hybridized carbons (Fsp3) is 0.562. The number of aryl methyl sites for hydroxylation is 1. The Morgan fingerprint density at radius 1 is 1.36 bits per heavy atom. The maximum atomic E-state index is 12.7. The molecule has 6 heteroatoms. The third kappa shape index (κ3) is 2.78. The summed E-state index contributed by atoms with van der Waals surface area (Å²) < 4.78 is 43.9. The Labute approximate surface area is 127 Å². The van der Waals surface area contributed by atoms with Gasteiger partial charge in [-0.3, -0.25) is 4.79 Å². The average Bonchev–Trinajstić information content (AvgIpc) is 2.82. The highest BCUT2D eigenvalue weighted by molar-refractivity contribution is 5.49. The van der Waals surface area contributed by atoms with Gasteiger partial charge in [0.15, 0.2) is 0 Å². The molecule has 1 spiro atoms. The number of nitrogens with zero attached hydrogens (tertiary/aromatic N) is 1. The van der Waals surface area contributed by atoms with E-state index < -0.39 is 11.7 Å². The first-order valence-corrected chi connectivity index (χ1v) is 7.35. The molecule has 0 N–H and O–H groups in total. The summed E-state index contributed by atoms with van der Waals surface area (Å²) in [5.74, 6) is 0.515. The number of hydrogen-bond acceptors (Lipinski definition) is 2. The molecule has 2 aliphatic rings. The van der Waals surface area contributed by atoms with Gasteiger partial charge in [-0.05, 0) is 49.9 Å². The van der Waals surface area contributed by atoms with Gasteiger partial charge in [-0.2, -0.15) is 13.2 Å². The molecule has 3 rings (SSSR count). The van der Waals surface area contributed by atoms with Crippen molar-refractivity contribution in [1.29, 1.82) is 0 Å². The lowest BCUT2D eigenvalue weighted by Crippen LogP contribution is -2.54. The summed E-state index contributed by atoms with van der Waals surface area (Å²) in [6.07, 6.45) is -0.707. The van der Waals surface area contributed by atoms with Crippen molar-refractivity contribution >= 4 is 6.41 Å². The summed E-state index contributed by atoms with van der Waals surface area (Å²) in [5.41, 5.74) is 0.00513. The van der Waals surface area contributed by atoms with Crippen LogP contribution in [-0.4, -0.2) is 30.5 Å². The van der Waals surface area contributed by atoms with Crippen LogP contribution < -0.4 is 4.74 Å². The zero-order valence-corrected chi connectivity index (χ0v) is 12.3. The molecule has 2 fully saturated rings. The largest absolute Gasteiger partial charge is 0.490 e. The monoisotopic (exact) mass is 313 g/mol. The molecule has 1 aliphatic heterocycles. The van der Waals surface area contributed by atoms with Crippen LogP contribution in [0.15, 0.2) is 18.2 Å². The minimum atomic E-state index is -4.33. The molecule has 1 saturated carbocycles. The highest BCUT2D eigenvalue weighted by Crippen LogP contribution is 2.46. The SMILES string of the molecule is Cc1cc(C(F)(F)F)ccc1OC1CCC2(C1)CN(C=O)C2. The van der Waals surface area contributed by atoms with Gasteiger partial charge in [0.2, 0.25) is 6.41 Å². The van der Waals surface area contributed by atoms with E-state index in [1.807, 2.05) is 0 Å². The number of benzene rings is 1. The van der Waals surface area contributed by atoms with Crippen LogP contribution in [0.3, 0.4) is 0 Å². The van der Waals surface area contributed by atoms with E-state index in [1.54, 1.807) is 11.8 Å². The second-order valence-electron chi connectivity index (χ2n) is 6.47. The number of likely N-dealkylation sites (tertiary alicyclic amines) is 1. The molecule has 1 amide bonds. The van der Waals surface area contributed by atoms with Crippen LogP contribution in [0.1, 0.15) is 30.4 Å². The van der Waals surface area contributed by atoms with E-state index in [-0.39, 0.29) is 11.5 Å². The topological polar surface area (TPSA) is 29.5 Å². The molecular weight excluding hydrogens is 295 g/mol.